The lowest BCUT2D eigenvalue weighted by molar-refractivity contribution is 0.0698. The molecule has 130 valence electrons. The van der Waals surface area contributed by atoms with Crippen LogP contribution < -0.4 is 4.74 Å². The quantitative estimate of drug-likeness (QED) is 0.567. The van der Waals surface area contributed by atoms with Gasteiger partial charge < -0.3 is 14.4 Å². The van der Waals surface area contributed by atoms with E-state index in [-0.39, 0.29) is 0 Å². The van der Waals surface area contributed by atoms with Crippen LogP contribution in [0.3, 0.4) is 0 Å². The first-order chi connectivity index (χ1) is 12.6. The molecule has 0 spiro atoms. The molecule has 1 N–H and O–H groups in total. The Labute approximate surface area is 151 Å². The monoisotopic (exact) mass is 345 g/mol. The Bertz CT molecular complexity index is 1160. The van der Waals surface area contributed by atoms with E-state index in [0.29, 0.717) is 11.3 Å². The molecule has 1 aromatic heterocycles. The Hall–Kier alpha value is -3.27. The Balaban J connectivity index is 2.37. The molecular weight excluding hydrogens is 326 g/mol. The summed E-state index contributed by atoms with van der Waals surface area (Å²) >= 11 is 0. The molecule has 26 heavy (non-hydrogen) atoms. The van der Waals surface area contributed by atoms with Crippen molar-refractivity contribution < 1.29 is 14.6 Å². The molecule has 0 aliphatic rings. The Morgan fingerprint density at radius 1 is 1.00 bits per heavy atom. The highest BCUT2D eigenvalue weighted by Gasteiger charge is 2.26. The second-order valence-corrected chi connectivity index (χ2v) is 6.37. The van der Waals surface area contributed by atoms with Crippen LogP contribution in [-0.4, -0.2) is 22.8 Å². The predicted molar refractivity (Wildman–Crippen MR) is 104 cm³/mol. The van der Waals surface area contributed by atoms with Crippen molar-refractivity contribution in [1.82, 2.24) is 4.57 Å². The average Bonchev–Trinajstić information content (AvgIpc) is 2.92. The van der Waals surface area contributed by atoms with Gasteiger partial charge in [0.1, 0.15) is 5.75 Å². The number of hydrogen-bond donors (Lipinski definition) is 1. The molecule has 0 atom stereocenters. The Kier molecular flexibility index (Phi) is 3.69. The normalized spacial score (nSPS) is 11.2. The molecular formula is C22H19NO3. The van der Waals surface area contributed by atoms with E-state index in [9.17, 15) is 9.90 Å². The fraction of sp³-hybridized carbons (Fsp3) is 0.136. The number of nitrogens with zero attached hydrogens (tertiary/aromatic N) is 1. The maximum atomic E-state index is 12.1. The number of aromatic nitrogens is 1. The molecule has 4 aromatic rings. The minimum atomic E-state index is -0.928. The predicted octanol–water partition coefficient (Wildman–Crippen LogP) is 5.01. The summed E-state index contributed by atoms with van der Waals surface area (Å²) in [6.45, 7) is 1.85. The lowest BCUT2D eigenvalue weighted by atomic mass is 9.93. The summed E-state index contributed by atoms with van der Waals surface area (Å²) in [6.07, 6.45) is 0. The molecule has 0 fully saturated rings. The van der Waals surface area contributed by atoms with Gasteiger partial charge in [-0.05, 0) is 12.5 Å². The molecule has 0 bridgehead atoms. The summed E-state index contributed by atoms with van der Waals surface area (Å²) in [4.78, 5) is 12.1. The third kappa shape index (κ3) is 2.12. The van der Waals surface area contributed by atoms with E-state index in [1.807, 2.05) is 73.1 Å². The smallest absolute Gasteiger partial charge is 0.338 e. The van der Waals surface area contributed by atoms with Crippen molar-refractivity contribution in [2.45, 2.75) is 6.92 Å². The van der Waals surface area contributed by atoms with Crippen LogP contribution in [0.15, 0.2) is 54.6 Å². The lowest BCUT2D eigenvalue weighted by Gasteiger charge is -2.16. The molecule has 4 heteroatoms. The van der Waals surface area contributed by atoms with Gasteiger partial charge in [-0.3, -0.25) is 0 Å². The molecule has 0 saturated carbocycles. The van der Waals surface area contributed by atoms with Crippen LogP contribution in [-0.2, 0) is 7.05 Å². The topological polar surface area (TPSA) is 51.5 Å². The van der Waals surface area contributed by atoms with Gasteiger partial charge in [0.25, 0.3) is 0 Å². The first kappa shape index (κ1) is 16.2. The maximum absolute atomic E-state index is 12.1. The number of ether oxygens (including phenoxy) is 1. The molecule has 0 amide bonds. The third-order valence-electron chi connectivity index (χ3n) is 5.07. The molecule has 4 rings (SSSR count). The first-order valence-corrected chi connectivity index (χ1v) is 8.42. The molecule has 0 aliphatic carbocycles. The lowest BCUT2D eigenvalue weighted by Crippen LogP contribution is -2.00. The average molecular weight is 345 g/mol. The van der Waals surface area contributed by atoms with Gasteiger partial charge in [0, 0.05) is 34.5 Å². The zero-order chi connectivity index (χ0) is 18.4. The number of aryl methyl sites for hydroxylation is 1. The van der Waals surface area contributed by atoms with Gasteiger partial charge in [0.2, 0.25) is 0 Å². The molecule has 0 aliphatic heterocycles. The number of carbonyl (C=O) groups is 1. The second kappa shape index (κ2) is 5.92. The summed E-state index contributed by atoms with van der Waals surface area (Å²) in [5, 5.41) is 12.6. The van der Waals surface area contributed by atoms with Gasteiger partial charge >= 0.3 is 5.97 Å². The van der Waals surface area contributed by atoms with Crippen molar-refractivity contribution in [1.29, 1.82) is 0 Å². The molecule has 0 unspecified atom stereocenters. The molecule has 0 radical (unpaired) electrons. The number of rotatable bonds is 3. The fourth-order valence-electron chi connectivity index (χ4n) is 3.85. The standard InChI is InChI=1S/C22H19NO3/c1-13-17(22(24)25)19-18(14-9-5-4-6-10-14)21(26-3)16-12-8-7-11-15(16)20(19)23(13)2/h4-12H,1-3H3,(H,24,25). The van der Waals surface area contributed by atoms with Crippen LogP contribution in [0.1, 0.15) is 16.1 Å². The maximum Gasteiger partial charge on any atom is 0.338 e. The van der Waals surface area contributed by atoms with E-state index in [4.69, 9.17) is 4.74 Å². The number of benzene rings is 3. The molecule has 0 saturated heterocycles. The number of fused-ring (bicyclic) bond motifs is 3. The highest BCUT2D eigenvalue weighted by molar-refractivity contribution is 6.22. The zero-order valence-corrected chi connectivity index (χ0v) is 14.9. The van der Waals surface area contributed by atoms with Crippen molar-refractivity contribution >= 4 is 27.6 Å². The minimum Gasteiger partial charge on any atom is -0.495 e. The van der Waals surface area contributed by atoms with Crippen LogP contribution >= 0.6 is 0 Å². The van der Waals surface area contributed by atoms with Gasteiger partial charge in [-0.2, -0.15) is 0 Å². The Morgan fingerprint density at radius 2 is 1.62 bits per heavy atom. The number of carboxylic acids is 1. The summed E-state index contributed by atoms with van der Waals surface area (Å²) in [5.41, 5.74) is 3.72. The van der Waals surface area contributed by atoms with Crippen LogP contribution in [0.4, 0.5) is 0 Å². The highest BCUT2D eigenvalue weighted by Crippen LogP contribution is 2.46. The van der Waals surface area contributed by atoms with Crippen molar-refractivity contribution in [2.24, 2.45) is 7.05 Å². The zero-order valence-electron chi connectivity index (χ0n) is 14.9. The number of methoxy groups -OCH3 is 1. The number of hydrogen-bond acceptors (Lipinski definition) is 2. The van der Waals surface area contributed by atoms with E-state index < -0.39 is 5.97 Å². The summed E-state index contributed by atoms with van der Waals surface area (Å²) in [5.74, 6) is -0.227. The summed E-state index contributed by atoms with van der Waals surface area (Å²) < 4.78 is 7.77. The fourth-order valence-corrected chi connectivity index (χ4v) is 3.85. The minimum absolute atomic E-state index is 0.324. The van der Waals surface area contributed by atoms with E-state index in [1.54, 1.807) is 7.11 Å². The summed E-state index contributed by atoms with van der Waals surface area (Å²) in [7, 11) is 3.55. The number of carboxylic acid groups (broad SMARTS) is 1. The molecule has 4 nitrogen and oxygen atoms in total. The molecule has 1 heterocycles. The van der Waals surface area contributed by atoms with E-state index in [2.05, 4.69) is 0 Å². The SMILES string of the molecule is COc1c(-c2ccccc2)c2c(C(=O)O)c(C)n(C)c2c2ccccc12. The van der Waals surface area contributed by atoms with E-state index in [0.717, 1.165) is 38.5 Å². The summed E-state index contributed by atoms with van der Waals surface area (Å²) in [6, 6.07) is 17.8. The van der Waals surface area contributed by atoms with Gasteiger partial charge in [-0.25, -0.2) is 4.79 Å². The first-order valence-electron chi connectivity index (χ1n) is 8.42. The van der Waals surface area contributed by atoms with E-state index >= 15 is 0 Å². The van der Waals surface area contributed by atoms with Crippen molar-refractivity contribution in [2.75, 3.05) is 7.11 Å². The van der Waals surface area contributed by atoms with Crippen molar-refractivity contribution in [3.05, 3.63) is 65.9 Å². The van der Waals surface area contributed by atoms with Crippen LogP contribution in [0.2, 0.25) is 0 Å². The van der Waals surface area contributed by atoms with Crippen LogP contribution in [0.5, 0.6) is 5.75 Å². The van der Waals surface area contributed by atoms with Gasteiger partial charge in [-0.15, -0.1) is 0 Å². The third-order valence-corrected chi connectivity index (χ3v) is 5.07. The van der Waals surface area contributed by atoms with Crippen LogP contribution in [0, 0.1) is 6.92 Å². The van der Waals surface area contributed by atoms with Crippen molar-refractivity contribution in [3.8, 4) is 16.9 Å². The van der Waals surface area contributed by atoms with Crippen molar-refractivity contribution in [3.63, 3.8) is 0 Å². The Morgan fingerprint density at radius 3 is 2.23 bits per heavy atom. The largest absolute Gasteiger partial charge is 0.495 e. The van der Waals surface area contributed by atoms with Gasteiger partial charge in [-0.1, -0.05) is 54.6 Å². The van der Waals surface area contributed by atoms with Crippen LogP contribution in [0.25, 0.3) is 32.8 Å². The molecule has 3 aromatic carbocycles. The van der Waals surface area contributed by atoms with Gasteiger partial charge in [0.15, 0.2) is 0 Å². The van der Waals surface area contributed by atoms with Gasteiger partial charge in [0.05, 0.1) is 18.2 Å². The second-order valence-electron chi connectivity index (χ2n) is 6.37. The number of aromatic carboxylic acids is 1. The highest BCUT2D eigenvalue weighted by atomic mass is 16.5. The van der Waals surface area contributed by atoms with E-state index in [1.165, 1.54) is 0 Å².